The van der Waals surface area contributed by atoms with Gasteiger partial charge in [-0.05, 0) is 30.2 Å². The van der Waals surface area contributed by atoms with E-state index in [1.54, 1.807) is 25.6 Å². The molecule has 1 aliphatic rings. The topological polar surface area (TPSA) is 91.3 Å². The van der Waals surface area contributed by atoms with Gasteiger partial charge in [0.2, 0.25) is 5.95 Å². The Bertz CT molecular complexity index is 1080. The van der Waals surface area contributed by atoms with Crippen LogP contribution in [-0.4, -0.2) is 53.9 Å². The Kier molecular flexibility index (Phi) is 6.03. The molecule has 1 atom stereocenters. The maximum atomic E-state index is 12.7. The number of pyridine rings is 1. The molecule has 30 heavy (non-hydrogen) atoms. The predicted molar refractivity (Wildman–Crippen MR) is 116 cm³/mol. The van der Waals surface area contributed by atoms with E-state index in [1.807, 2.05) is 53.4 Å². The summed E-state index contributed by atoms with van der Waals surface area (Å²) in [7, 11) is -2.01. The highest BCUT2D eigenvalue weighted by atomic mass is 32.2. The molecule has 0 aliphatic carbocycles. The summed E-state index contributed by atoms with van der Waals surface area (Å²) in [4.78, 5) is 15.1. The molecule has 9 heteroatoms. The molecule has 0 bridgehead atoms. The van der Waals surface area contributed by atoms with Gasteiger partial charge in [0.15, 0.2) is 0 Å². The Morgan fingerprint density at radius 3 is 2.73 bits per heavy atom. The third-order valence-corrected chi connectivity index (χ3v) is 6.63. The van der Waals surface area contributed by atoms with Crippen molar-refractivity contribution in [3.8, 4) is 11.3 Å². The third kappa shape index (κ3) is 4.81. The lowest BCUT2D eigenvalue weighted by Crippen LogP contribution is -2.44. The molecule has 3 heterocycles. The molecule has 4 rings (SSSR count). The molecule has 2 aromatic heterocycles. The van der Waals surface area contributed by atoms with Gasteiger partial charge in [-0.3, -0.25) is 4.98 Å². The van der Waals surface area contributed by atoms with Gasteiger partial charge in [0.25, 0.3) is 10.2 Å². The van der Waals surface area contributed by atoms with Crippen LogP contribution in [0.4, 0.5) is 5.95 Å². The first-order valence-corrected chi connectivity index (χ1v) is 11.2. The quantitative estimate of drug-likeness (QED) is 0.624. The summed E-state index contributed by atoms with van der Waals surface area (Å²) < 4.78 is 29.6. The average Bonchev–Trinajstić information content (AvgIpc) is 3.23. The summed E-state index contributed by atoms with van der Waals surface area (Å²) in [5.74, 6) is 0.593. The summed E-state index contributed by atoms with van der Waals surface area (Å²) >= 11 is 0. The number of hydrogen-bond donors (Lipinski definition) is 1. The highest BCUT2D eigenvalue weighted by Crippen LogP contribution is 2.21. The Labute approximate surface area is 176 Å². The highest BCUT2D eigenvalue weighted by molar-refractivity contribution is 7.87. The molecule has 0 radical (unpaired) electrons. The SMILES string of the molecule is CN(Cc1ccccc1)S(=O)(=O)NC1CCN(c2nccc(-c3cccnc3)n2)C1. The van der Waals surface area contributed by atoms with Gasteiger partial charge in [-0.25, -0.2) is 9.97 Å². The lowest BCUT2D eigenvalue weighted by molar-refractivity contribution is 0.446. The van der Waals surface area contributed by atoms with Gasteiger partial charge >= 0.3 is 0 Å². The predicted octanol–water partition coefficient (Wildman–Crippen LogP) is 2.08. The zero-order chi connectivity index (χ0) is 21.0. The fourth-order valence-electron chi connectivity index (χ4n) is 3.44. The molecule has 156 valence electrons. The van der Waals surface area contributed by atoms with Gasteiger partial charge in [-0.2, -0.15) is 17.4 Å². The van der Waals surface area contributed by atoms with Crippen LogP contribution in [0.15, 0.2) is 67.1 Å². The zero-order valence-electron chi connectivity index (χ0n) is 16.7. The van der Waals surface area contributed by atoms with Gasteiger partial charge in [0, 0.05) is 56.9 Å². The number of aromatic nitrogens is 3. The molecule has 0 amide bonds. The molecule has 8 nitrogen and oxygen atoms in total. The van der Waals surface area contributed by atoms with Crippen LogP contribution in [0.1, 0.15) is 12.0 Å². The van der Waals surface area contributed by atoms with Crippen LogP contribution in [0.2, 0.25) is 0 Å². The van der Waals surface area contributed by atoms with Crippen molar-refractivity contribution in [2.75, 3.05) is 25.0 Å². The van der Waals surface area contributed by atoms with Gasteiger partial charge < -0.3 is 4.90 Å². The third-order valence-electron chi connectivity index (χ3n) is 5.05. The number of anilines is 1. The van der Waals surface area contributed by atoms with Crippen molar-refractivity contribution >= 4 is 16.2 Å². The van der Waals surface area contributed by atoms with Gasteiger partial charge in [0.05, 0.1) is 5.69 Å². The molecule has 1 aliphatic heterocycles. The first-order valence-electron chi connectivity index (χ1n) is 9.77. The van der Waals surface area contributed by atoms with Crippen molar-refractivity contribution in [3.05, 3.63) is 72.7 Å². The van der Waals surface area contributed by atoms with E-state index in [1.165, 1.54) is 4.31 Å². The molecule has 1 aromatic carbocycles. The molecule has 1 saturated heterocycles. The van der Waals surface area contributed by atoms with Crippen molar-refractivity contribution in [3.63, 3.8) is 0 Å². The molecule has 1 unspecified atom stereocenters. The Morgan fingerprint density at radius 2 is 1.97 bits per heavy atom. The Balaban J connectivity index is 1.40. The van der Waals surface area contributed by atoms with Crippen LogP contribution in [0.3, 0.4) is 0 Å². The Morgan fingerprint density at radius 1 is 1.13 bits per heavy atom. The zero-order valence-corrected chi connectivity index (χ0v) is 17.5. The standard InChI is InChI=1S/C21H24N6O2S/c1-26(15-17-6-3-2-4-7-17)30(28,29)25-19-10-13-27(16-19)21-23-12-9-20(24-21)18-8-5-11-22-14-18/h2-9,11-12,14,19,25H,10,13,15-16H2,1H3. The maximum Gasteiger partial charge on any atom is 0.279 e. The highest BCUT2D eigenvalue weighted by Gasteiger charge is 2.29. The molecule has 0 spiro atoms. The summed E-state index contributed by atoms with van der Waals surface area (Å²) in [6.45, 7) is 1.53. The van der Waals surface area contributed by atoms with E-state index in [2.05, 4.69) is 19.7 Å². The molecular formula is C21H24N6O2S. The van der Waals surface area contributed by atoms with E-state index in [0.717, 1.165) is 16.8 Å². The summed E-state index contributed by atoms with van der Waals surface area (Å²) in [5, 5.41) is 0. The molecule has 0 saturated carbocycles. The number of rotatable bonds is 7. The first kappa shape index (κ1) is 20.4. The van der Waals surface area contributed by atoms with Crippen LogP contribution in [0.5, 0.6) is 0 Å². The number of nitrogens with zero attached hydrogens (tertiary/aromatic N) is 5. The lowest BCUT2D eigenvalue weighted by atomic mass is 10.2. The van der Waals surface area contributed by atoms with E-state index < -0.39 is 10.2 Å². The molecular weight excluding hydrogens is 400 g/mol. The van der Waals surface area contributed by atoms with Crippen LogP contribution >= 0.6 is 0 Å². The molecule has 1 N–H and O–H groups in total. The normalized spacial score (nSPS) is 16.9. The van der Waals surface area contributed by atoms with E-state index in [0.29, 0.717) is 32.0 Å². The molecule has 1 fully saturated rings. The second kappa shape index (κ2) is 8.86. The van der Waals surface area contributed by atoms with Gasteiger partial charge in [0.1, 0.15) is 0 Å². The maximum absolute atomic E-state index is 12.7. The number of hydrogen-bond acceptors (Lipinski definition) is 6. The summed E-state index contributed by atoms with van der Waals surface area (Å²) in [6, 6.07) is 15.0. The smallest absolute Gasteiger partial charge is 0.279 e. The summed E-state index contributed by atoms with van der Waals surface area (Å²) in [5.41, 5.74) is 2.65. The average molecular weight is 425 g/mol. The van der Waals surface area contributed by atoms with Crippen molar-refractivity contribution in [1.82, 2.24) is 24.0 Å². The first-order chi connectivity index (χ1) is 14.5. The Hall–Kier alpha value is -2.88. The second-order valence-corrected chi connectivity index (χ2v) is 9.09. The van der Waals surface area contributed by atoms with E-state index >= 15 is 0 Å². The molecule has 3 aromatic rings. The van der Waals surface area contributed by atoms with Crippen LogP contribution in [0.25, 0.3) is 11.3 Å². The van der Waals surface area contributed by atoms with E-state index in [-0.39, 0.29) is 6.04 Å². The van der Waals surface area contributed by atoms with Crippen LogP contribution in [-0.2, 0) is 16.8 Å². The van der Waals surface area contributed by atoms with Crippen molar-refractivity contribution in [1.29, 1.82) is 0 Å². The minimum Gasteiger partial charge on any atom is -0.339 e. The largest absolute Gasteiger partial charge is 0.339 e. The minimum atomic E-state index is -3.59. The van der Waals surface area contributed by atoms with Crippen molar-refractivity contribution < 1.29 is 8.42 Å². The number of nitrogens with one attached hydrogen (secondary N) is 1. The minimum absolute atomic E-state index is 0.195. The fraction of sp³-hybridized carbons (Fsp3) is 0.286. The van der Waals surface area contributed by atoms with E-state index in [9.17, 15) is 8.42 Å². The van der Waals surface area contributed by atoms with Gasteiger partial charge in [-0.15, -0.1) is 0 Å². The number of benzene rings is 1. The lowest BCUT2D eigenvalue weighted by Gasteiger charge is -2.21. The van der Waals surface area contributed by atoms with Crippen molar-refractivity contribution in [2.45, 2.75) is 19.0 Å². The van der Waals surface area contributed by atoms with Gasteiger partial charge in [-0.1, -0.05) is 30.3 Å². The second-order valence-electron chi connectivity index (χ2n) is 7.28. The van der Waals surface area contributed by atoms with E-state index in [4.69, 9.17) is 0 Å². The van der Waals surface area contributed by atoms with Crippen LogP contribution < -0.4 is 9.62 Å². The monoisotopic (exact) mass is 424 g/mol. The fourth-order valence-corrected chi connectivity index (χ4v) is 4.55. The summed E-state index contributed by atoms with van der Waals surface area (Å²) in [6.07, 6.45) is 5.89. The van der Waals surface area contributed by atoms with Crippen molar-refractivity contribution in [2.24, 2.45) is 0 Å². The van der Waals surface area contributed by atoms with Crippen LogP contribution in [0, 0.1) is 0 Å².